The summed E-state index contributed by atoms with van der Waals surface area (Å²) in [5, 5.41) is 0. The highest BCUT2D eigenvalue weighted by molar-refractivity contribution is 7.89. The van der Waals surface area contributed by atoms with E-state index in [0.29, 0.717) is 12.1 Å². The van der Waals surface area contributed by atoms with E-state index >= 15 is 0 Å². The normalized spacial score (nSPS) is 15.0. The van der Waals surface area contributed by atoms with Gasteiger partial charge in [-0.05, 0) is 108 Å². The molecule has 0 spiro atoms. The van der Waals surface area contributed by atoms with E-state index < -0.39 is 45.9 Å². The van der Waals surface area contributed by atoms with Gasteiger partial charge in [0.2, 0.25) is 10.0 Å². The fourth-order valence-electron chi connectivity index (χ4n) is 5.40. The summed E-state index contributed by atoms with van der Waals surface area (Å²) >= 11 is 0. The Kier molecular flexibility index (Phi) is 11.1. The lowest BCUT2D eigenvalue weighted by molar-refractivity contribution is -0.153. The highest BCUT2D eigenvalue weighted by Gasteiger charge is 2.43. The lowest BCUT2D eigenvalue weighted by atomic mass is 9.89. The fourth-order valence-corrected chi connectivity index (χ4v) is 6.60. The number of carbonyl (C=O) groups excluding carboxylic acids is 2. The van der Waals surface area contributed by atoms with Crippen LogP contribution in [-0.2, 0) is 36.1 Å². The molecule has 1 amide bonds. The maximum atomic E-state index is 13.5. The number of benzene rings is 1. The van der Waals surface area contributed by atoms with Crippen LogP contribution in [0.4, 0.5) is 10.6 Å². The van der Waals surface area contributed by atoms with Gasteiger partial charge in [-0.3, -0.25) is 14.7 Å². The Morgan fingerprint density at radius 3 is 2.15 bits per heavy atom. The fraction of sp³-hybridized carbons (Fsp3) is 0.500. The third kappa shape index (κ3) is 10.3. The summed E-state index contributed by atoms with van der Waals surface area (Å²) in [6.07, 6.45) is 8.25. The quantitative estimate of drug-likeness (QED) is 0.193. The van der Waals surface area contributed by atoms with Crippen LogP contribution in [0.3, 0.4) is 0 Å². The Bertz CT molecular complexity index is 1630. The van der Waals surface area contributed by atoms with Gasteiger partial charge in [0.15, 0.2) is 0 Å². The van der Waals surface area contributed by atoms with Crippen LogP contribution >= 0.6 is 0 Å². The van der Waals surface area contributed by atoms with E-state index in [1.54, 1.807) is 59.7 Å². The van der Waals surface area contributed by atoms with Crippen molar-refractivity contribution in [1.29, 1.82) is 0 Å². The monoisotopic (exact) mass is 664 g/mol. The van der Waals surface area contributed by atoms with E-state index in [-0.39, 0.29) is 16.1 Å². The van der Waals surface area contributed by atoms with Crippen molar-refractivity contribution >= 4 is 27.9 Å². The van der Waals surface area contributed by atoms with Crippen LogP contribution in [0, 0.1) is 0 Å². The Balaban J connectivity index is 1.69. The molecular formula is C36H48N4O6S. The van der Waals surface area contributed by atoms with Crippen molar-refractivity contribution in [2.75, 3.05) is 11.4 Å². The molecule has 0 bridgehead atoms. The van der Waals surface area contributed by atoms with Gasteiger partial charge in [0, 0.05) is 12.4 Å². The predicted octanol–water partition coefficient (Wildman–Crippen LogP) is 7.04. The molecule has 1 aliphatic rings. The molecule has 0 radical (unpaired) electrons. The van der Waals surface area contributed by atoms with Gasteiger partial charge >= 0.3 is 12.1 Å². The highest BCUT2D eigenvalue weighted by Crippen LogP contribution is 2.52. The maximum Gasteiger partial charge on any atom is 0.416 e. The molecule has 1 aliphatic carbocycles. The van der Waals surface area contributed by atoms with E-state index in [0.717, 1.165) is 16.9 Å². The van der Waals surface area contributed by atoms with Crippen molar-refractivity contribution in [1.82, 2.24) is 14.7 Å². The Hall–Kier alpha value is -3.83. The molecule has 11 heteroatoms. The van der Waals surface area contributed by atoms with Gasteiger partial charge in [-0.2, -0.15) is 0 Å². The van der Waals surface area contributed by atoms with Gasteiger partial charge < -0.3 is 9.47 Å². The lowest BCUT2D eigenvalue weighted by Crippen LogP contribution is -2.42. The van der Waals surface area contributed by atoms with Crippen LogP contribution in [0.1, 0.15) is 103 Å². The molecule has 47 heavy (non-hydrogen) atoms. The second-order valence-electron chi connectivity index (χ2n) is 14.2. The minimum Gasteiger partial charge on any atom is -0.459 e. The van der Waals surface area contributed by atoms with Crippen molar-refractivity contribution < 1.29 is 27.5 Å². The van der Waals surface area contributed by atoms with E-state index in [9.17, 15) is 18.0 Å². The number of amides is 1. The number of nitrogens with zero attached hydrogens (tertiary/aromatic N) is 3. The van der Waals surface area contributed by atoms with Crippen LogP contribution in [-0.4, -0.2) is 48.2 Å². The van der Waals surface area contributed by atoms with E-state index in [1.807, 2.05) is 0 Å². The summed E-state index contributed by atoms with van der Waals surface area (Å²) in [5.41, 5.74) is 1.25. The van der Waals surface area contributed by atoms with Crippen LogP contribution in [0.25, 0.3) is 0 Å². The number of unbranched alkanes of at least 4 members (excludes halogenated alkanes) is 1. The Morgan fingerprint density at radius 1 is 0.936 bits per heavy atom. The number of aromatic nitrogens is 2. The van der Waals surface area contributed by atoms with Gasteiger partial charge in [0.05, 0.1) is 16.6 Å². The van der Waals surface area contributed by atoms with Gasteiger partial charge in [-0.15, -0.1) is 0 Å². The first kappa shape index (κ1) is 36.0. The zero-order valence-electron chi connectivity index (χ0n) is 28.6. The largest absolute Gasteiger partial charge is 0.459 e. The average Bonchev–Trinajstić information content (AvgIpc) is 3.78. The van der Waals surface area contributed by atoms with Crippen molar-refractivity contribution in [3.05, 3.63) is 83.8 Å². The first-order valence-corrected chi connectivity index (χ1v) is 17.7. The molecule has 1 N–H and O–H groups in total. The van der Waals surface area contributed by atoms with Crippen molar-refractivity contribution in [2.45, 2.75) is 115 Å². The van der Waals surface area contributed by atoms with Crippen LogP contribution in [0.5, 0.6) is 0 Å². The first-order chi connectivity index (χ1) is 22.0. The van der Waals surface area contributed by atoms with Crippen molar-refractivity contribution in [2.24, 2.45) is 0 Å². The van der Waals surface area contributed by atoms with E-state index in [2.05, 4.69) is 40.9 Å². The molecule has 0 aliphatic heterocycles. The molecular weight excluding hydrogens is 616 g/mol. The number of sulfonamides is 1. The maximum absolute atomic E-state index is 13.5. The summed E-state index contributed by atoms with van der Waals surface area (Å²) in [7, 11) is -3.98. The number of ether oxygens (including phenoxy) is 2. The molecule has 2 aromatic heterocycles. The highest BCUT2D eigenvalue weighted by atomic mass is 32.2. The molecule has 10 nitrogen and oxygen atoms in total. The zero-order valence-corrected chi connectivity index (χ0v) is 29.4. The Labute approximate surface area is 279 Å². The zero-order chi connectivity index (χ0) is 34.5. The molecule has 1 aromatic carbocycles. The number of rotatable bonds is 13. The predicted molar refractivity (Wildman–Crippen MR) is 182 cm³/mol. The minimum absolute atomic E-state index is 0.0657. The van der Waals surface area contributed by atoms with Gasteiger partial charge in [0.25, 0.3) is 0 Å². The summed E-state index contributed by atoms with van der Waals surface area (Å²) in [5.74, 6) is -0.518. The standard InChI is InChI=1S/C36H48N4O6S/c1-8-9-19-36(20-21-36)27-15-13-26(14-16-27)24-30(39-47(43,44)28-17-22-37-23-18-28)29-11-10-12-31(38-29)40(33(42)46-35(5,6)7)25-32(41)45-34(2,3)4/h10-18,22-23,30,39H,8-9,19-21,24-25H2,1-7H3. The Morgan fingerprint density at radius 2 is 1.57 bits per heavy atom. The molecule has 1 saturated carbocycles. The van der Waals surface area contributed by atoms with E-state index in [4.69, 9.17) is 14.5 Å². The minimum atomic E-state index is -3.98. The molecule has 2 heterocycles. The number of hydrogen-bond acceptors (Lipinski definition) is 8. The van der Waals surface area contributed by atoms with Gasteiger partial charge in [-0.25, -0.2) is 22.9 Å². The summed E-state index contributed by atoms with van der Waals surface area (Å²) in [6, 6.07) is 15.4. The third-order valence-corrected chi connectivity index (χ3v) is 9.32. The molecule has 1 unspecified atom stereocenters. The topological polar surface area (TPSA) is 128 Å². The number of esters is 1. The SMILES string of the molecule is CCCCC1(c2ccc(CC(NS(=O)(=O)c3ccncc3)c3cccc(N(CC(=O)OC(C)(C)C)C(=O)OC(C)(C)C)n3)cc2)CC1. The summed E-state index contributed by atoms with van der Waals surface area (Å²) < 4.78 is 41.0. The second kappa shape index (κ2) is 14.5. The molecule has 1 fully saturated rings. The van der Waals surface area contributed by atoms with Crippen LogP contribution in [0.2, 0.25) is 0 Å². The lowest BCUT2D eigenvalue weighted by Gasteiger charge is -2.28. The molecule has 1 atom stereocenters. The molecule has 254 valence electrons. The van der Waals surface area contributed by atoms with E-state index in [1.165, 1.54) is 55.8 Å². The van der Waals surface area contributed by atoms with Crippen molar-refractivity contribution in [3.63, 3.8) is 0 Å². The number of carbonyl (C=O) groups is 2. The first-order valence-electron chi connectivity index (χ1n) is 16.2. The number of anilines is 1. The van der Waals surface area contributed by atoms with Crippen LogP contribution < -0.4 is 9.62 Å². The number of pyridine rings is 2. The smallest absolute Gasteiger partial charge is 0.416 e. The van der Waals surface area contributed by atoms with Crippen molar-refractivity contribution in [3.8, 4) is 0 Å². The van der Waals surface area contributed by atoms with Gasteiger partial charge in [-0.1, -0.05) is 50.1 Å². The number of hydrogen-bond donors (Lipinski definition) is 1. The van der Waals surface area contributed by atoms with Gasteiger partial charge in [0.1, 0.15) is 23.6 Å². The van der Waals surface area contributed by atoms with Crippen LogP contribution in [0.15, 0.2) is 71.9 Å². The molecule has 4 rings (SSSR count). The number of nitrogens with one attached hydrogen (secondary N) is 1. The molecule has 3 aromatic rings. The average molecular weight is 665 g/mol. The third-order valence-electron chi connectivity index (χ3n) is 7.84. The molecule has 0 saturated heterocycles. The summed E-state index contributed by atoms with van der Waals surface area (Å²) in [4.78, 5) is 36.1. The summed E-state index contributed by atoms with van der Waals surface area (Å²) in [6.45, 7) is 12.2. The second-order valence-corrected chi connectivity index (χ2v) is 15.9.